The molecule has 0 radical (unpaired) electrons. The molecule has 0 aromatic heterocycles. The standard InChI is InChI=1S/C25H27N3O5S/c29-24(17-23(25(30)31)26-16-15-19-7-3-1-4-8-19)28-21-11-13-22(14-12-21)34(32,33)27-18-20-9-5-2-6-10-20/h1-14,23,26-27H,15-18H2,(H,28,29)(H,30,31). The van der Waals surface area contributed by atoms with Gasteiger partial charge in [-0.15, -0.1) is 0 Å². The van der Waals surface area contributed by atoms with Crippen molar-refractivity contribution in [1.82, 2.24) is 10.0 Å². The molecule has 0 fully saturated rings. The van der Waals surface area contributed by atoms with Crippen LogP contribution in [0, 0.1) is 0 Å². The molecule has 0 aliphatic heterocycles. The van der Waals surface area contributed by atoms with Gasteiger partial charge in [0.25, 0.3) is 0 Å². The molecule has 1 amide bonds. The molecule has 0 bridgehead atoms. The quantitative estimate of drug-likeness (QED) is 0.315. The minimum absolute atomic E-state index is 0.0624. The van der Waals surface area contributed by atoms with Gasteiger partial charge in [-0.2, -0.15) is 0 Å². The number of sulfonamides is 1. The molecule has 3 aromatic rings. The van der Waals surface area contributed by atoms with Gasteiger partial charge in [-0.1, -0.05) is 60.7 Å². The zero-order chi connectivity index (χ0) is 24.4. The van der Waals surface area contributed by atoms with E-state index in [1.807, 2.05) is 60.7 Å². The van der Waals surface area contributed by atoms with Crippen LogP contribution in [0.2, 0.25) is 0 Å². The Kier molecular flexibility index (Phi) is 8.92. The van der Waals surface area contributed by atoms with Gasteiger partial charge in [0.1, 0.15) is 6.04 Å². The molecule has 0 saturated carbocycles. The van der Waals surface area contributed by atoms with Gasteiger partial charge >= 0.3 is 5.97 Å². The average molecular weight is 482 g/mol. The summed E-state index contributed by atoms with van der Waals surface area (Å²) in [5, 5.41) is 14.9. The summed E-state index contributed by atoms with van der Waals surface area (Å²) in [6.07, 6.45) is 0.378. The lowest BCUT2D eigenvalue weighted by Crippen LogP contribution is -2.40. The van der Waals surface area contributed by atoms with E-state index in [4.69, 9.17) is 0 Å². The lowest BCUT2D eigenvalue weighted by Gasteiger charge is -2.15. The molecule has 9 heteroatoms. The smallest absolute Gasteiger partial charge is 0.321 e. The molecule has 0 aliphatic rings. The van der Waals surface area contributed by atoms with Crippen molar-refractivity contribution in [2.45, 2.75) is 30.3 Å². The van der Waals surface area contributed by atoms with E-state index in [0.29, 0.717) is 18.7 Å². The molecule has 3 rings (SSSR count). The Morgan fingerprint density at radius 2 is 1.41 bits per heavy atom. The number of amides is 1. The maximum absolute atomic E-state index is 12.5. The third kappa shape index (κ3) is 7.80. The number of benzene rings is 3. The molecule has 8 nitrogen and oxygen atoms in total. The highest BCUT2D eigenvalue weighted by Crippen LogP contribution is 2.15. The highest BCUT2D eigenvalue weighted by Gasteiger charge is 2.21. The number of carboxylic acid groups (broad SMARTS) is 1. The van der Waals surface area contributed by atoms with E-state index in [9.17, 15) is 23.1 Å². The lowest BCUT2D eigenvalue weighted by molar-refractivity contribution is -0.141. The highest BCUT2D eigenvalue weighted by molar-refractivity contribution is 7.89. The van der Waals surface area contributed by atoms with Crippen molar-refractivity contribution in [3.63, 3.8) is 0 Å². The van der Waals surface area contributed by atoms with Crippen molar-refractivity contribution in [1.29, 1.82) is 0 Å². The summed E-state index contributed by atoms with van der Waals surface area (Å²) in [7, 11) is -3.72. The molecule has 0 saturated heterocycles. The maximum atomic E-state index is 12.5. The Labute approximate surface area is 199 Å². The molecule has 178 valence electrons. The largest absolute Gasteiger partial charge is 0.480 e. The van der Waals surface area contributed by atoms with Crippen LogP contribution in [0.25, 0.3) is 0 Å². The number of hydrogen-bond acceptors (Lipinski definition) is 5. The fourth-order valence-corrected chi connectivity index (χ4v) is 4.27. The monoisotopic (exact) mass is 481 g/mol. The predicted molar refractivity (Wildman–Crippen MR) is 130 cm³/mol. The summed E-state index contributed by atoms with van der Waals surface area (Å²) in [5.74, 6) is -1.61. The molecular weight excluding hydrogens is 454 g/mol. The Morgan fingerprint density at radius 1 is 0.824 bits per heavy atom. The summed E-state index contributed by atoms with van der Waals surface area (Å²) < 4.78 is 27.5. The number of hydrogen-bond donors (Lipinski definition) is 4. The SMILES string of the molecule is O=C(CC(NCCc1ccccc1)C(=O)O)Nc1ccc(S(=O)(=O)NCc2ccccc2)cc1. The number of aliphatic carboxylic acids is 1. The van der Waals surface area contributed by atoms with Gasteiger partial charge in [0, 0.05) is 12.2 Å². The third-order valence-electron chi connectivity index (χ3n) is 5.09. The zero-order valence-corrected chi connectivity index (χ0v) is 19.3. The van der Waals surface area contributed by atoms with E-state index >= 15 is 0 Å². The Hall–Kier alpha value is -3.53. The fourth-order valence-electron chi connectivity index (χ4n) is 3.25. The molecule has 1 atom stereocenters. The van der Waals surface area contributed by atoms with E-state index in [1.54, 1.807) is 0 Å². The minimum atomic E-state index is -3.72. The van der Waals surface area contributed by atoms with Crippen LogP contribution in [0.5, 0.6) is 0 Å². The number of carboxylic acids is 1. The Bertz CT molecular complexity index is 1180. The molecule has 0 heterocycles. The van der Waals surface area contributed by atoms with Crippen molar-refractivity contribution >= 4 is 27.6 Å². The number of anilines is 1. The van der Waals surface area contributed by atoms with Crippen LogP contribution in [0.3, 0.4) is 0 Å². The van der Waals surface area contributed by atoms with E-state index < -0.39 is 27.9 Å². The first-order valence-corrected chi connectivity index (χ1v) is 12.3. The molecule has 0 spiro atoms. The molecule has 34 heavy (non-hydrogen) atoms. The minimum Gasteiger partial charge on any atom is -0.480 e. The summed E-state index contributed by atoms with van der Waals surface area (Å²) >= 11 is 0. The highest BCUT2D eigenvalue weighted by atomic mass is 32.2. The van der Waals surface area contributed by atoms with Gasteiger partial charge in [0.15, 0.2) is 0 Å². The van der Waals surface area contributed by atoms with Crippen molar-refractivity contribution in [2.24, 2.45) is 0 Å². The topological polar surface area (TPSA) is 125 Å². The van der Waals surface area contributed by atoms with Gasteiger partial charge in [-0.05, 0) is 48.4 Å². The van der Waals surface area contributed by atoms with Crippen molar-refractivity contribution in [3.8, 4) is 0 Å². The van der Waals surface area contributed by atoms with Gasteiger partial charge in [0.05, 0.1) is 11.3 Å². The fraction of sp³-hybridized carbons (Fsp3) is 0.200. The van der Waals surface area contributed by atoms with Crippen molar-refractivity contribution < 1.29 is 23.1 Å². The summed E-state index contributed by atoms with van der Waals surface area (Å²) in [6, 6.07) is 23.4. The molecule has 3 aromatic carbocycles. The Morgan fingerprint density at radius 3 is 2.00 bits per heavy atom. The second kappa shape index (κ2) is 12.1. The maximum Gasteiger partial charge on any atom is 0.321 e. The second-order valence-corrected chi connectivity index (χ2v) is 9.43. The van der Waals surface area contributed by atoms with Gasteiger partial charge in [-0.25, -0.2) is 13.1 Å². The molecule has 4 N–H and O–H groups in total. The second-order valence-electron chi connectivity index (χ2n) is 7.67. The summed E-state index contributed by atoms with van der Waals surface area (Å²) in [4.78, 5) is 24.0. The molecular formula is C25H27N3O5S. The van der Waals surface area contributed by atoms with E-state index in [-0.39, 0.29) is 17.9 Å². The summed E-state index contributed by atoms with van der Waals surface area (Å²) in [5.41, 5.74) is 2.28. The third-order valence-corrected chi connectivity index (χ3v) is 6.51. The number of carbonyl (C=O) groups is 2. The summed E-state index contributed by atoms with van der Waals surface area (Å²) in [6.45, 7) is 0.576. The van der Waals surface area contributed by atoms with Crippen molar-refractivity contribution in [2.75, 3.05) is 11.9 Å². The van der Waals surface area contributed by atoms with Crippen LogP contribution in [0.4, 0.5) is 5.69 Å². The van der Waals surface area contributed by atoms with Crippen LogP contribution < -0.4 is 15.4 Å². The van der Waals surface area contributed by atoms with Gasteiger partial charge in [-0.3, -0.25) is 9.59 Å². The first-order valence-electron chi connectivity index (χ1n) is 10.8. The number of rotatable bonds is 12. The zero-order valence-electron chi connectivity index (χ0n) is 18.5. The molecule has 0 aliphatic carbocycles. The van der Waals surface area contributed by atoms with Gasteiger partial charge < -0.3 is 15.7 Å². The average Bonchev–Trinajstić information content (AvgIpc) is 2.84. The normalized spacial score (nSPS) is 12.1. The van der Waals surface area contributed by atoms with Gasteiger partial charge in [0.2, 0.25) is 15.9 Å². The predicted octanol–water partition coefficient (Wildman–Crippen LogP) is 2.78. The first-order chi connectivity index (χ1) is 16.3. The van der Waals surface area contributed by atoms with E-state index in [1.165, 1.54) is 24.3 Å². The van der Waals surface area contributed by atoms with E-state index in [2.05, 4.69) is 15.4 Å². The number of nitrogens with one attached hydrogen (secondary N) is 3. The van der Waals surface area contributed by atoms with Crippen LogP contribution in [-0.2, 0) is 32.6 Å². The van der Waals surface area contributed by atoms with Crippen LogP contribution in [0.15, 0.2) is 89.8 Å². The van der Waals surface area contributed by atoms with Crippen molar-refractivity contribution in [3.05, 3.63) is 96.1 Å². The number of carbonyl (C=O) groups excluding carboxylic acids is 1. The van der Waals surface area contributed by atoms with E-state index in [0.717, 1.165) is 11.1 Å². The lowest BCUT2D eigenvalue weighted by atomic mass is 10.1. The van der Waals surface area contributed by atoms with Crippen LogP contribution in [-0.4, -0.2) is 38.0 Å². The first kappa shape index (κ1) is 25.1. The van der Waals surface area contributed by atoms with Crippen LogP contribution in [0.1, 0.15) is 17.5 Å². The Balaban J connectivity index is 1.51. The molecule has 1 unspecified atom stereocenters. The van der Waals surface area contributed by atoms with Crippen LogP contribution >= 0.6 is 0 Å².